The second-order valence-corrected chi connectivity index (χ2v) is 15.1. The molecule has 0 saturated heterocycles. The van der Waals surface area contributed by atoms with Crippen LogP contribution in [0.15, 0.2) is 0 Å². The van der Waals surface area contributed by atoms with E-state index in [1.54, 1.807) is 0 Å². The molecule has 2 unspecified atom stereocenters. The molecule has 47 heavy (non-hydrogen) atoms. The van der Waals surface area contributed by atoms with Crippen molar-refractivity contribution in [2.24, 2.45) is 0 Å². The standard InChI is InChI=1S/C43H87NO3/c1-3-5-7-9-11-13-15-16-17-18-19-20-21-22-23-24-25-26-27-29-31-33-35-37-39-43(47)44-41(40-45)42(46)38-36-34-32-30-28-14-12-10-8-6-4-2/h41-42,45-46H,3-40H2,1-2H3,(H,44,47). The Labute approximate surface area is 295 Å². The lowest BCUT2D eigenvalue weighted by Gasteiger charge is -2.22. The highest BCUT2D eigenvalue weighted by Crippen LogP contribution is 2.17. The van der Waals surface area contributed by atoms with Crippen molar-refractivity contribution in [2.75, 3.05) is 6.61 Å². The highest BCUT2D eigenvalue weighted by atomic mass is 16.3. The summed E-state index contributed by atoms with van der Waals surface area (Å²) in [5.74, 6) is -0.0270. The Hall–Kier alpha value is -0.610. The summed E-state index contributed by atoms with van der Waals surface area (Å²) in [7, 11) is 0. The van der Waals surface area contributed by atoms with Crippen LogP contribution in [0.25, 0.3) is 0 Å². The van der Waals surface area contributed by atoms with E-state index in [-0.39, 0.29) is 12.5 Å². The third kappa shape index (κ3) is 36.5. The van der Waals surface area contributed by atoms with Gasteiger partial charge in [0.15, 0.2) is 0 Å². The molecule has 0 rings (SSSR count). The van der Waals surface area contributed by atoms with E-state index in [0.717, 1.165) is 25.7 Å². The predicted molar refractivity (Wildman–Crippen MR) is 207 cm³/mol. The number of hydrogen-bond acceptors (Lipinski definition) is 3. The lowest BCUT2D eigenvalue weighted by atomic mass is 10.0. The maximum absolute atomic E-state index is 12.4. The zero-order valence-electron chi connectivity index (χ0n) is 32.3. The van der Waals surface area contributed by atoms with Crippen LogP contribution in [-0.4, -0.2) is 34.9 Å². The number of hydrogen-bond donors (Lipinski definition) is 3. The third-order valence-electron chi connectivity index (χ3n) is 10.4. The van der Waals surface area contributed by atoms with Gasteiger partial charge in [-0.15, -0.1) is 0 Å². The summed E-state index contributed by atoms with van der Waals surface area (Å²) >= 11 is 0. The van der Waals surface area contributed by atoms with Crippen LogP contribution in [0.3, 0.4) is 0 Å². The fraction of sp³-hybridized carbons (Fsp3) is 0.977. The largest absolute Gasteiger partial charge is 0.394 e. The van der Waals surface area contributed by atoms with E-state index in [2.05, 4.69) is 19.2 Å². The number of aliphatic hydroxyl groups excluding tert-OH is 2. The molecular weight excluding hydrogens is 578 g/mol. The van der Waals surface area contributed by atoms with Crippen LogP contribution in [0.4, 0.5) is 0 Å². The minimum Gasteiger partial charge on any atom is -0.394 e. The minimum absolute atomic E-state index is 0.0270. The quantitative estimate of drug-likeness (QED) is 0.0570. The highest BCUT2D eigenvalue weighted by molar-refractivity contribution is 5.76. The van der Waals surface area contributed by atoms with Crippen molar-refractivity contribution in [2.45, 2.75) is 264 Å². The molecule has 0 aliphatic carbocycles. The van der Waals surface area contributed by atoms with Gasteiger partial charge in [-0.3, -0.25) is 4.79 Å². The lowest BCUT2D eigenvalue weighted by molar-refractivity contribution is -0.123. The molecule has 0 aliphatic heterocycles. The second kappa shape index (κ2) is 39.8. The summed E-state index contributed by atoms with van der Waals surface area (Å²) in [6.07, 6.45) is 47.6. The topological polar surface area (TPSA) is 69.6 Å². The average Bonchev–Trinajstić information content (AvgIpc) is 3.07. The number of carbonyl (C=O) groups excluding carboxylic acids is 1. The molecule has 4 nitrogen and oxygen atoms in total. The van der Waals surface area contributed by atoms with Gasteiger partial charge >= 0.3 is 0 Å². The molecule has 0 aromatic carbocycles. The van der Waals surface area contributed by atoms with Crippen molar-refractivity contribution in [1.82, 2.24) is 5.32 Å². The van der Waals surface area contributed by atoms with Crippen LogP contribution < -0.4 is 5.32 Å². The van der Waals surface area contributed by atoms with Crippen molar-refractivity contribution >= 4 is 5.91 Å². The molecule has 1 amide bonds. The molecular formula is C43H87NO3. The van der Waals surface area contributed by atoms with E-state index in [9.17, 15) is 15.0 Å². The Morgan fingerprint density at radius 3 is 0.957 bits per heavy atom. The number of carbonyl (C=O) groups is 1. The molecule has 0 heterocycles. The molecule has 2 atom stereocenters. The maximum Gasteiger partial charge on any atom is 0.220 e. The molecule has 0 saturated carbocycles. The fourth-order valence-corrected chi connectivity index (χ4v) is 7.01. The molecule has 4 heteroatoms. The molecule has 0 spiro atoms. The Morgan fingerprint density at radius 2 is 0.681 bits per heavy atom. The van der Waals surface area contributed by atoms with Crippen LogP contribution >= 0.6 is 0 Å². The Kier molecular flexibility index (Phi) is 39.3. The van der Waals surface area contributed by atoms with Gasteiger partial charge in [-0.2, -0.15) is 0 Å². The second-order valence-electron chi connectivity index (χ2n) is 15.1. The van der Waals surface area contributed by atoms with Gasteiger partial charge < -0.3 is 15.5 Å². The van der Waals surface area contributed by atoms with Gasteiger partial charge in [-0.05, 0) is 12.8 Å². The zero-order valence-corrected chi connectivity index (χ0v) is 32.3. The third-order valence-corrected chi connectivity index (χ3v) is 10.4. The molecule has 0 bridgehead atoms. The summed E-state index contributed by atoms with van der Waals surface area (Å²) in [6.45, 7) is 4.37. The van der Waals surface area contributed by atoms with Crippen LogP contribution in [-0.2, 0) is 4.79 Å². The van der Waals surface area contributed by atoms with Crippen LogP contribution in [0, 0.1) is 0 Å². The molecule has 0 aromatic heterocycles. The molecule has 3 N–H and O–H groups in total. The molecule has 0 fully saturated rings. The van der Waals surface area contributed by atoms with Crippen molar-refractivity contribution in [3.8, 4) is 0 Å². The van der Waals surface area contributed by atoms with Gasteiger partial charge in [-0.25, -0.2) is 0 Å². The zero-order chi connectivity index (χ0) is 34.3. The van der Waals surface area contributed by atoms with Crippen molar-refractivity contribution in [1.29, 1.82) is 0 Å². The summed E-state index contributed by atoms with van der Waals surface area (Å²) in [5.41, 5.74) is 0. The van der Waals surface area contributed by atoms with Crippen molar-refractivity contribution in [3.63, 3.8) is 0 Å². The Balaban J connectivity index is 3.41. The summed E-state index contributed by atoms with van der Waals surface area (Å²) in [4.78, 5) is 12.4. The molecule has 0 radical (unpaired) electrons. The number of unbranched alkanes of at least 4 members (excludes halogenated alkanes) is 33. The van der Waals surface area contributed by atoms with Crippen molar-refractivity contribution < 1.29 is 15.0 Å². The van der Waals surface area contributed by atoms with Crippen LogP contribution in [0.5, 0.6) is 0 Å². The van der Waals surface area contributed by atoms with E-state index in [1.165, 1.54) is 199 Å². The highest BCUT2D eigenvalue weighted by Gasteiger charge is 2.20. The average molecular weight is 666 g/mol. The lowest BCUT2D eigenvalue weighted by Crippen LogP contribution is -2.45. The maximum atomic E-state index is 12.4. The van der Waals surface area contributed by atoms with Gasteiger partial charge in [0.05, 0.1) is 18.8 Å². The van der Waals surface area contributed by atoms with Gasteiger partial charge in [-0.1, -0.05) is 232 Å². The fourth-order valence-electron chi connectivity index (χ4n) is 7.01. The molecule has 282 valence electrons. The normalized spacial score (nSPS) is 12.9. The van der Waals surface area contributed by atoms with Crippen LogP contribution in [0.2, 0.25) is 0 Å². The minimum atomic E-state index is -0.651. The smallest absolute Gasteiger partial charge is 0.220 e. The number of nitrogens with one attached hydrogen (secondary N) is 1. The van der Waals surface area contributed by atoms with Gasteiger partial charge in [0.1, 0.15) is 0 Å². The monoisotopic (exact) mass is 666 g/mol. The predicted octanol–water partition coefficient (Wildman–Crippen LogP) is 13.3. The number of amides is 1. The first kappa shape index (κ1) is 46.4. The summed E-state index contributed by atoms with van der Waals surface area (Å²) < 4.78 is 0. The van der Waals surface area contributed by atoms with Crippen molar-refractivity contribution in [3.05, 3.63) is 0 Å². The van der Waals surface area contributed by atoms with Gasteiger partial charge in [0.25, 0.3) is 0 Å². The molecule has 0 aromatic rings. The van der Waals surface area contributed by atoms with Gasteiger partial charge in [0.2, 0.25) is 5.91 Å². The van der Waals surface area contributed by atoms with E-state index < -0.39 is 12.1 Å². The van der Waals surface area contributed by atoms with E-state index >= 15 is 0 Å². The van der Waals surface area contributed by atoms with E-state index in [4.69, 9.17) is 0 Å². The molecule has 0 aliphatic rings. The first-order valence-electron chi connectivity index (χ1n) is 21.7. The first-order chi connectivity index (χ1) is 23.2. The number of aliphatic hydroxyl groups is 2. The first-order valence-corrected chi connectivity index (χ1v) is 21.7. The van der Waals surface area contributed by atoms with Gasteiger partial charge in [0, 0.05) is 6.42 Å². The Morgan fingerprint density at radius 1 is 0.426 bits per heavy atom. The summed E-state index contributed by atoms with van der Waals surface area (Å²) in [5, 5.41) is 23.1. The van der Waals surface area contributed by atoms with E-state index in [0.29, 0.717) is 12.8 Å². The SMILES string of the molecule is CCCCCCCCCCCCCCCCCCCCCCCCCCC(=O)NC(CO)C(O)CCCCCCCCCCCCC. The summed E-state index contributed by atoms with van der Waals surface area (Å²) in [6, 6.07) is -0.528. The van der Waals surface area contributed by atoms with E-state index in [1.807, 2.05) is 0 Å². The Bertz CT molecular complexity index is 598. The number of rotatable bonds is 40. The van der Waals surface area contributed by atoms with Crippen LogP contribution in [0.1, 0.15) is 251 Å².